The van der Waals surface area contributed by atoms with E-state index in [0.29, 0.717) is 5.56 Å². The highest BCUT2D eigenvalue weighted by Gasteiger charge is 2.50. The van der Waals surface area contributed by atoms with E-state index in [1.165, 1.54) is 37.3 Å². The Morgan fingerprint density at radius 3 is 2.10 bits per heavy atom. The van der Waals surface area contributed by atoms with Crippen LogP contribution in [0, 0.1) is 0 Å². The van der Waals surface area contributed by atoms with Crippen molar-refractivity contribution in [3.05, 3.63) is 47.5 Å². The third kappa shape index (κ3) is 5.51. The number of fused-ring (bicyclic) bond motifs is 1. The van der Waals surface area contributed by atoms with Crippen LogP contribution in [0.2, 0.25) is 0 Å². The van der Waals surface area contributed by atoms with Crippen molar-refractivity contribution < 1.29 is 74.4 Å². The van der Waals surface area contributed by atoms with Crippen molar-refractivity contribution in [2.45, 2.75) is 80.5 Å². The lowest BCUT2D eigenvalue weighted by Gasteiger charge is -2.44. The third-order valence-corrected chi connectivity index (χ3v) is 7.56. The Balaban J connectivity index is 1.38. The van der Waals surface area contributed by atoms with Gasteiger partial charge in [0, 0.05) is 0 Å². The van der Waals surface area contributed by atoms with Crippen molar-refractivity contribution in [2.24, 2.45) is 0 Å². The van der Waals surface area contributed by atoms with Gasteiger partial charge in [-0.1, -0.05) is 12.1 Å². The summed E-state index contributed by atoms with van der Waals surface area (Å²) in [4.78, 5) is 13.6. The first-order chi connectivity index (χ1) is 19.9. The minimum Gasteiger partial charge on any atom is -0.508 e. The molecule has 230 valence electrons. The van der Waals surface area contributed by atoms with Crippen LogP contribution in [0.3, 0.4) is 0 Å². The predicted molar refractivity (Wildman–Crippen MR) is 135 cm³/mol. The van der Waals surface area contributed by atoms with Crippen molar-refractivity contribution >= 4 is 5.78 Å². The number of phenols is 3. The lowest BCUT2D eigenvalue weighted by atomic mass is 9.92. The van der Waals surface area contributed by atoms with E-state index in [1.807, 2.05) is 0 Å². The number of carbonyl (C=O) groups is 1. The standard InChI is InChI=1S/C27H32O15/c1-9-16(30)20(34)22(36)26(39-9)38-8-14-18(32)21(35)23(37)27(41-14)42-25-19(33)15-13(7-6-12(29)17(15)31)40-24(25)10-2-4-11(28)5-3-10/h2-7,9,14,16,18,20-32,34-37H,8H2,1H3/t9-,14+,16-,18+,20+,21-,22+,23+,24?,25?,26+,27-/m0/s1. The smallest absolute Gasteiger partial charge is 0.203 e. The molecule has 0 saturated carbocycles. The van der Waals surface area contributed by atoms with Crippen LogP contribution in [0.5, 0.6) is 23.0 Å². The van der Waals surface area contributed by atoms with Gasteiger partial charge in [-0.2, -0.15) is 0 Å². The SMILES string of the molecule is C[C@@H]1O[C@@H](OC[C@H]2O[C@@H](OC3C(=O)c4c(ccc(O)c4O)OC3c3ccc(O)cc3)[C@H](O)[C@@H](O)[C@@H]2O)[C@H](O)[C@H](O)[C@H]1O. The summed E-state index contributed by atoms with van der Waals surface area (Å²) in [7, 11) is 0. The molecule has 3 aliphatic rings. The second-order valence-electron chi connectivity index (χ2n) is 10.4. The van der Waals surface area contributed by atoms with E-state index in [-0.39, 0.29) is 11.5 Å². The van der Waals surface area contributed by atoms with Crippen LogP contribution >= 0.6 is 0 Å². The molecule has 3 aliphatic heterocycles. The second kappa shape index (κ2) is 11.9. The number of benzene rings is 2. The molecule has 2 saturated heterocycles. The van der Waals surface area contributed by atoms with Gasteiger partial charge in [-0.15, -0.1) is 0 Å². The summed E-state index contributed by atoms with van der Waals surface area (Å²) in [6, 6.07) is 7.96. The maximum Gasteiger partial charge on any atom is 0.203 e. The normalized spacial score (nSPS) is 38.5. The van der Waals surface area contributed by atoms with Crippen molar-refractivity contribution in [3.8, 4) is 23.0 Å². The van der Waals surface area contributed by atoms with Gasteiger partial charge < -0.3 is 69.6 Å². The quantitative estimate of drug-likeness (QED) is 0.166. The molecule has 42 heavy (non-hydrogen) atoms. The fourth-order valence-corrected chi connectivity index (χ4v) is 5.07. The van der Waals surface area contributed by atoms with Gasteiger partial charge >= 0.3 is 0 Å². The first-order valence-electron chi connectivity index (χ1n) is 13.1. The number of carbonyl (C=O) groups excluding carboxylic acids is 1. The number of aliphatic hydroxyl groups is 6. The van der Waals surface area contributed by atoms with E-state index < -0.39 is 103 Å². The first-order valence-corrected chi connectivity index (χ1v) is 13.1. The number of Topliss-reactive ketones (excluding diaryl/α,β-unsaturated/α-hetero) is 1. The summed E-state index contributed by atoms with van der Waals surface area (Å²) >= 11 is 0. The molecule has 0 amide bonds. The van der Waals surface area contributed by atoms with Crippen LogP contribution < -0.4 is 4.74 Å². The Labute approximate surface area is 238 Å². The molecular weight excluding hydrogens is 564 g/mol. The van der Waals surface area contributed by atoms with Crippen LogP contribution in [-0.2, 0) is 18.9 Å². The highest BCUT2D eigenvalue weighted by atomic mass is 16.7. The van der Waals surface area contributed by atoms with Crippen LogP contribution in [0.1, 0.15) is 28.9 Å². The molecule has 0 aliphatic carbocycles. The molecule has 2 aromatic carbocycles. The lowest BCUT2D eigenvalue weighted by molar-refractivity contribution is -0.333. The Bertz CT molecular complexity index is 1270. The largest absolute Gasteiger partial charge is 0.508 e. The predicted octanol–water partition coefficient (Wildman–Crippen LogP) is -1.84. The van der Waals surface area contributed by atoms with Gasteiger partial charge in [0.15, 0.2) is 36.3 Å². The van der Waals surface area contributed by atoms with E-state index in [2.05, 4.69) is 0 Å². The molecule has 0 bridgehead atoms. The van der Waals surface area contributed by atoms with Gasteiger partial charge in [0.25, 0.3) is 0 Å². The van der Waals surface area contributed by atoms with Crippen LogP contribution in [-0.4, -0.2) is 126 Å². The molecule has 12 atom stereocenters. The van der Waals surface area contributed by atoms with Gasteiger partial charge in [0.2, 0.25) is 5.78 Å². The average Bonchev–Trinajstić information content (AvgIpc) is 2.97. The third-order valence-electron chi connectivity index (χ3n) is 7.56. The summed E-state index contributed by atoms with van der Waals surface area (Å²) in [6.45, 7) is 0.881. The highest BCUT2D eigenvalue weighted by molar-refractivity contribution is 6.06. The molecule has 5 rings (SSSR count). The summed E-state index contributed by atoms with van der Waals surface area (Å²) in [5.41, 5.74) is -0.0625. The Morgan fingerprint density at radius 2 is 1.40 bits per heavy atom. The number of rotatable bonds is 6. The molecule has 3 heterocycles. The molecule has 2 aromatic rings. The van der Waals surface area contributed by atoms with E-state index in [1.54, 1.807) is 0 Å². The second-order valence-corrected chi connectivity index (χ2v) is 10.4. The molecule has 0 spiro atoms. The van der Waals surface area contributed by atoms with Gasteiger partial charge in [0.1, 0.15) is 59.8 Å². The van der Waals surface area contributed by atoms with Crippen LogP contribution in [0.15, 0.2) is 36.4 Å². The van der Waals surface area contributed by atoms with Crippen LogP contribution in [0.4, 0.5) is 0 Å². The zero-order chi connectivity index (χ0) is 30.5. The molecule has 15 nitrogen and oxygen atoms in total. The van der Waals surface area contributed by atoms with Gasteiger partial charge in [-0.25, -0.2) is 0 Å². The van der Waals surface area contributed by atoms with E-state index in [9.17, 15) is 50.8 Å². The summed E-state index contributed by atoms with van der Waals surface area (Å²) in [5, 5.41) is 91.9. The Hall–Kier alpha value is -3.09. The van der Waals surface area contributed by atoms with Gasteiger partial charge in [-0.05, 0) is 36.8 Å². The maximum atomic E-state index is 13.6. The van der Waals surface area contributed by atoms with E-state index in [4.69, 9.17) is 23.7 Å². The van der Waals surface area contributed by atoms with Crippen molar-refractivity contribution in [3.63, 3.8) is 0 Å². The number of ketones is 1. The fourth-order valence-electron chi connectivity index (χ4n) is 5.07. The van der Waals surface area contributed by atoms with Crippen molar-refractivity contribution in [2.75, 3.05) is 6.61 Å². The van der Waals surface area contributed by atoms with E-state index in [0.717, 1.165) is 6.07 Å². The number of ether oxygens (including phenoxy) is 5. The number of hydrogen-bond acceptors (Lipinski definition) is 15. The number of hydrogen-bond donors (Lipinski definition) is 9. The summed E-state index contributed by atoms with van der Waals surface area (Å²) < 4.78 is 28.3. The van der Waals surface area contributed by atoms with Crippen molar-refractivity contribution in [1.29, 1.82) is 0 Å². The summed E-state index contributed by atoms with van der Waals surface area (Å²) in [6.07, 6.45) is -18.5. The average molecular weight is 597 g/mol. The number of aliphatic hydroxyl groups excluding tert-OH is 6. The Morgan fingerprint density at radius 1 is 0.762 bits per heavy atom. The zero-order valence-corrected chi connectivity index (χ0v) is 22.1. The fraction of sp³-hybridized carbons (Fsp3) is 0.519. The lowest BCUT2D eigenvalue weighted by Crippen LogP contribution is -2.62. The molecule has 2 fully saturated rings. The first kappa shape index (κ1) is 30.4. The highest BCUT2D eigenvalue weighted by Crippen LogP contribution is 2.45. The topological polar surface area (TPSA) is 245 Å². The summed E-state index contributed by atoms with van der Waals surface area (Å²) in [5.74, 6) is -2.39. The minimum atomic E-state index is -1.89. The molecule has 2 unspecified atom stereocenters. The number of aromatic hydroxyl groups is 3. The molecular formula is C27H32O15. The molecule has 0 radical (unpaired) electrons. The van der Waals surface area contributed by atoms with Gasteiger partial charge in [-0.3, -0.25) is 4.79 Å². The monoisotopic (exact) mass is 596 g/mol. The van der Waals surface area contributed by atoms with E-state index >= 15 is 0 Å². The molecule has 9 N–H and O–H groups in total. The number of phenolic OH excluding ortho intramolecular Hbond substituents is 3. The Kier molecular flexibility index (Phi) is 8.60. The molecule has 0 aromatic heterocycles. The minimum absolute atomic E-state index is 0.0733. The van der Waals surface area contributed by atoms with Gasteiger partial charge in [0.05, 0.1) is 12.7 Å². The van der Waals surface area contributed by atoms with Crippen LogP contribution in [0.25, 0.3) is 0 Å². The molecule has 15 heteroatoms. The van der Waals surface area contributed by atoms with Crippen molar-refractivity contribution in [1.82, 2.24) is 0 Å². The maximum absolute atomic E-state index is 13.6. The zero-order valence-electron chi connectivity index (χ0n) is 22.1.